The quantitative estimate of drug-likeness (QED) is 0.881. The molecule has 1 heterocycles. The van der Waals surface area contributed by atoms with Crippen LogP contribution >= 0.6 is 23.5 Å². The molecule has 1 aliphatic rings. The highest BCUT2D eigenvalue weighted by Gasteiger charge is 2.30. The summed E-state index contributed by atoms with van der Waals surface area (Å²) in [5, 5.41) is 9.30. The van der Waals surface area contributed by atoms with Crippen molar-refractivity contribution in [1.82, 2.24) is 4.90 Å². The molecule has 0 spiro atoms. The van der Waals surface area contributed by atoms with Crippen molar-refractivity contribution in [1.29, 1.82) is 0 Å². The molecule has 1 aliphatic heterocycles. The minimum Gasteiger partial charge on any atom is -0.477 e. The van der Waals surface area contributed by atoms with Gasteiger partial charge in [0.15, 0.2) is 0 Å². The number of thioether (sulfide) groups is 2. The van der Waals surface area contributed by atoms with Gasteiger partial charge < -0.3 is 10.0 Å². The van der Waals surface area contributed by atoms with E-state index in [0.29, 0.717) is 4.91 Å². The number of likely N-dealkylation sites (N-methyl/N-ethyl adjacent to an activating group) is 1. The monoisotopic (exact) mass is 351 g/mol. The number of hydrogen-bond acceptors (Lipinski definition) is 4. The SMILES string of the molecule is C[C@H](c1ccccc1)[C@H](C)N(C)C(=O)C1=C(C(=O)O)SCCS1. The van der Waals surface area contributed by atoms with E-state index < -0.39 is 5.97 Å². The molecule has 0 aliphatic carbocycles. The molecule has 0 fully saturated rings. The van der Waals surface area contributed by atoms with E-state index in [0.717, 1.165) is 17.1 Å². The van der Waals surface area contributed by atoms with Crippen molar-refractivity contribution in [2.75, 3.05) is 18.6 Å². The fourth-order valence-electron chi connectivity index (χ4n) is 2.45. The van der Waals surface area contributed by atoms with E-state index in [1.165, 1.54) is 23.5 Å². The minimum atomic E-state index is -1.01. The maximum Gasteiger partial charge on any atom is 0.343 e. The maximum atomic E-state index is 12.8. The largest absolute Gasteiger partial charge is 0.477 e. The fraction of sp³-hybridized carbons (Fsp3) is 0.412. The molecular formula is C17H21NO3S2. The fourth-order valence-corrected chi connectivity index (χ4v) is 4.71. The first-order chi connectivity index (χ1) is 10.9. The second kappa shape index (κ2) is 7.93. The molecule has 6 heteroatoms. The zero-order valence-corrected chi connectivity index (χ0v) is 15.1. The Balaban J connectivity index is 2.20. The van der Waals surface area contributed by atoms with Gasteiger partial charge in [0, 0.05) is 30.5 Å². The Bertz CT molecular complexity index is 616. The molecular weight excluding hydrogens is 330 g/mol. The standard InChI is InChI=1S/C17H21NO3S2/c1-11(13-7-5-4-6-8-13)12(2)18(3)16(19)14-15(17(20)21)23-10-9-22-14/h4-8,11-12H,9-10H2,1-3H3,(H,20,21)/t11-,12-/m0/s1. The molecule has 0 radical (unpaired) electrons. The predicted molar refractivity (Wildman–Crippen MR) is 96.7 cm³/mol. The molecule has 0 unspecified atom stereocenters. The van der Waals surface area contributed by atoms with Gasteiger partial charge in [0.05, 0.1) is 4.91 Å². The highest BCUT2D eigenvalue weighted by Crippen LogP contribution is 2.36. The van der Waals surface area contributed by atoms with Crippen LogP contribution in [0.3, 0.4) is 0 Å². The third-order valence-corrected chi connectivity index (χ3v) is 6.69. The summed E-state index contributed by atoms with van der Waals surface area (Å²) in [5.41, 5.74) is 1.16. The molecule has 2 atom stereocenters. The average Bonchev–Trinajstić information content (AvgIpc) is 2.59. The Hall–Kier alpha value is -1.40. The lowest BCUT2D eigenvalue weighted by Gasteiger charge is -2.31. The summed E-state index contributed by atoms with van der Waals surface area (Å²) in [6.45, 7) is 4.08. The molecule has 23 heavy (non-hydrogen) atoms. The van der Waals surface area contributed by atoms with Gasteiger partial charge in [0.25, 0.3) is 5.91 Å². The number of carbonyl (C=O) groups is 2. The van der Waals surface area contributed by atoms with Crippen molar-refractivity contribution < 1.29 is 14.7 Å². The third kappa shape index (κ3) is 4.12. The van der Waals surface area contributed by atoms with Gasteiger partial charge >= 0.3 is 5.97 Å². The number of nitrogens with zero attached hydrogens (tertiary/aromatic N) is 1. The highest BCUT2D eigenvalue weighted by molar-refractivity contribution is 8.11. The molecule has 2 rings (SSSR count). The van der Waals surface area contributed by atoms with Gasteiger partial charge in [-0.25, -0.2) is 4.79 Å². The van der Waals surface area contributed by atoms with Gasteiger partial charge in [-0.1, -0.05) is 37.3 Å². The van der Waals surface area contributed by atoms with E-state index >= 15 is 0 Å². The van der Waals surface area contributed by atoms with Crippen LogP contribution in [0.4, 0.5) is 0 Å². The molecule has 124 valence electrons. The van der Waals surface area contributed by atoms with E-state index in [1.807, 2.05) is 37.3 Å². The summed E-state index contributed by atoms with van der Waals surface area (Å²) in [6.07, 6.45) is 0. The summed E-state index contributed by atoms with van der Waals surface area (Å²) in [6, 6.07) is 10.0. The third-order valence-electron chi connectivity index (χ3n) is 4.15. The second-order valence-electron chi connectivity index (χ2n) is 5.52. The van der Waals surface area contributed by atoms with E-state index in [9.17, 15) is 14.7 Å². The smallest absolute Gasteiger partial charge is 0.343 e. The van der Waals surface area contributed by atoms with Crippen molar-refractivity contribution in [2.45, 2.75) is 25.8 Å². The van der Waals surface area contributed by atoms with Crippen molar-refractivity contribution in [3.63, 3.8) is 0 Å². The van der Waals surface area contributed by atoms with Crippen LogP contribution in [0.5, 0.6) is 0 Å². The molecule has 0 aromatic heterocycles. The predicted octanol–water partition coefficient (Wildman–Crippen LogP) is 3.41. The number of hydrogen-bond donors (Lipinski definition) is 1. The maximum absolute atomic E-state index is 12.8. The lowest BCUT2D eigenvalue weighted by molar-refractivity contribution is -0.133. The minimum absolute atomic E-state index is 0.0278. The number of carbonyl (C=O) groups excluding carboxylic acids is 1. The van der Waals surface area contributed by atoms with E-state index in [1.54, 1.807) is 11.9 Å². The number of benzene rings is 1. The Morgan fingerprint density at radius 2 is 1.65 bits per heavy atom. The first kappa shape index (κ1) is 17.9. The molecule has 1 aromatic carbocycles. The average molecular weight is 351 g/mol. The van der Waals surface area contributed by atoms with Crippen LogP contribution in [0.2, 0.25) is 0 Å². The lowest BCUT2D eigenvalue weighted by atomic mass is 9.93. The molecule has 1 amide bonds. The van der Waals surface area contributed by atoms with Crippen LogP contribution < -0.4 is 0 Å². The molecule has 0 saturated heterocycles. The van der Waals surface area contributed by atoms with Crippen molar-refractivity contribution in [2.24, 2.45) is 0 Å². The van der Waals surface area contributed by atoms with Crippen LogP contribution in [0, 0.1) is 0 Å². The zero-order valence-electron chi connectivity index (χ0n) is 13.5. The number of carboxylic acid groups (broad SMARTS) is 1. The van der Waals surface area contributed by atoms with Crippen molar-refractivity contribution >= 4 is 35.4 Å². The zero-order chi connectivity index (χ0) is 17.0. The van der Waals surface area contributed by atoms with E-state index in [2.05, 4.69) is 6.92 Å². The number of amides is 1. The highest BCUT2D eigenvalue weighted by atomic mass is 32.2. The molecule has 0 bridgehead atoms. The van der Waals surface area contributed by atoms with E-state index in [-0.39, 0.29) is 22.8 Å². The van der Waals surface area contributed by atoms with E-state index in [4.69, 9.17) is 0 Å². The normalized spacial score (nSPS) is 17.5. The van der Waals surface area contributed by atoms with Crippen LogP contribution in [-0.2, 0) is 9.59 Å². The summed E-state index contributed by atoms with van der Waals surface area (Å²) >= 11 is 2.60. The Kier molecular flexibility index (Phi) is 6.18. The Labute approximate surface area is 145 Å². The summed E-state index contributed by atoms with van der Waals surface area (Å²) in [5.74, 6) is 0.444. The van der Waals surface area contributed by atoms with Gasteiger partial charge in [-0.3, -0.25) is 4.79 Å². The van der Waals surface area contributed by atoms with Gasteiger partial charge in [0.2, 0.25) is 0 Å². The van der Waals surface area contributed by atoms with Crippen molar-refractivity contribution in [3.8, 4) is 0 Å². The Morgan fingerprint density at radius 1 is 1.09 bits per heavy atom. The summed E-state index contributed by atoms with van der Waals surface area (Å²) in [7, 11) is 1.75. The second-order valence-corrected chi connectivity index (χ2v) is 7.73. The van der Waals surface area contributed by atoms with Gasteiger partial charge in [-0.15, -0.1) is 23.5 Å². The number of aliphatic carboxylic acids is 1. The first-order valence-corrected chi connectivity index (χ1v) is 9.46. The first-order valence-electron chi connectivity index (χ1n) is 7.48. The van der Waals surface area contributed by atoms with Gasteiger partial charge in [-0.2, -0.15) is 0 Å². The summed E-state index contributed by atoms with van der Waals surface area (Å²) < 4.78 is 0. The van der Waals surface area contributed by atoms with Gasteiger partial charge in [-0.05, 0) is 12.5 Å². The van der Waals surface area contributed by atoms with Crippen LogP contribution in [0.25, 0.3) is 0 Å². The topological polar surface area (TPSA) is 57.6 Å². The molecule has 4 nitrogen and oxygen atoms in total. The van der Waals surface area contributed by atoms with Gasteiger partial charge in [0.1, 0.15) is 4.91 Å². The van der Waals surface area contributed by atoms with Crippen molar-refractivity contribution in [3.05, 3.63) is 45.7 Å². The Morgan fingerprint density at radius 3 is 2.22 bits per heavy atom. The molecule has 1 N–H and O–H groups in total. The lowest BCUT2D eigenvalue weighted by Crippen LogP contribution is -2.39. The van der Waals surface area contributed by atoms with Crippen LogP contribution in [0.1, 0.15) is 25.3 Å². The number of carboxylic acids is 1. The summed E-state index contributed by atoms with van der Waals surface area (Å²) in [4.78, 5) is 26.3. The van der Waals surface area contributed by atoms with Crippen LogP contribution in [0.15, 0.2) is 40.1 Å². The number of rotatable bonds is 5. The molecule has 0 saturated carbocycles. The van der Waals surface area contributed by atoms with Crippen LogP contribution in [-0.4, -0.2) is 46.5 Å². The molecule has 1 aromatic rings.